The Labute approximate surface area is 235 Å². The van der Waals surface area contributed by atoms with Gasteiger partial charge in [-0.15, -0.1) is 0 Å². The summed E-state index contributed by atoms with van der Waals surface area (Å²) in [4.78, 5) is 9.60. The maximum Gasteiger partial charge on any atom is 0.132 e. The van der Waals surface area contributed by atoms with Crippen molar-refractivity contribution in [3.8, 4) is 5.75 Å². The molecule has 0 radical (unpaired) electrons. The number of likely N-dealkylation sites (tertiary alicyclic amines) is 1. The molecule has 2 fully saturated rings. The second kappa shape index (κ2) is 11.9. The van der Waals surface area contributed by atoms with Gasteiger partial charge < -0.3 is 19.4 Å². The third kappa shape index (κ3) is 5.88. The number of fused-ring (bicyclic) bond motifs is 5. The summed E-state index contributed by atoms with van der Waals surface area (Å²) < 4.78 is 8.57. The highest BCUT2D eigenvalue weighted by molar-refractivity contribution is 5.69. The Morgan fingerprint density at radius 3 is 2.62 bits per heavy atom. The van der Waals surface area contributed by atoms with E-state index in [1.165, 1.54) is 18.4 Å². The predicted octanol–water partition coefficient (Wildman–Crippen LogP) is 5.36. The largest absolute Gasteiger partial charge is 0.492 e. The van der Waals surface area contributed by atoms with Gasteiger partial charge in [-0.25, -0.2) is 4.68 Å². The van der Waals surface area contributed by atoms with Crippen molar-refractivity contribution in [2.24, 2.45) is 0 Å². The molecule has 1 aromatic heterocycles. The van der Waals surface area contributed by atoms with Crippen LogP contribution < -0.4 is 4.74 Å². The molecule has 2 saturated heterocycles. The molecule has 4 heterocycles. The lowest BCUT2D eigenvalue weighted by atomic mass is 9.96. The average Bonchev–Trinajstić information content (AvgIpc) is 3.28. The number of hydrogen-bond acceptors (Lipinski definition) is 6. The van der Waals surface area contributed by atoms with Crippen LogP contribution in [-0.2, 0) is 0 Å². The monoisotopic (exact) mass is 530 g/mol. The van der Waals surface area contributed by atoms with E-state index in [2.05, 4.69) is 95.6 Å². The number of ether oxygens (including phenoxy) is 1. The van der Waals surface area contributed by atoms with Crippen molar-refractivity contribution in [3.63, 3.8) is 0 Å². The summed E-state index contributed by atoms with van der Waals surface area (Å²) in [5.41, 5.74) is 6.67. The zero-order valence-electron chi connectivity index (χ0n) is 24.5. The van der Waals surface area contributed by atoms with E-state index in [1.54, 1.807) is 0 Å². The van der Waals surface area contributed by atoms with Crippen LogP contribution in [0.3, 0.4) is 0 Å². The molecule has 210 valence electrons. The Kier molecular flexibility index (Phi) is 8.36. The van der Waals surface area contributed by atoms with E-state index in [1.807, 2.05) is 0 Å². The molecule has 7 nitrogen and oxygen atoms in total. The summed E-state index contributed by atoms with van der Waals surface area (Å²) in [5.74, 6) is 2.00. The van der Waals surface area contributed by atoms with Crippen LogP contribution >= 0.6 is 0 Å². The molecule has 7 heteroatoms. The Morgan fingerprint density at radius 2 is 1.87 bits per heavy atom. The summed E-state index contributed by atoms with van der Waals surface area (Å²) in [5, 5.41) is 5.28. The third-order valence-corrected chi connectivity index (χ3v) is 8.57. The molecule has 1 atom stereocenters. The number of aromatic nitrogens is 2. The summed E-state index contributed by atoms with van der Waals surface area (Å²) >= 11 is 0. The van der Waals surface area contributed by atoms with E-state index in [-0.39, 0.29) is 6.04 Å². The summed E-state index contributed by atoms with van der Waals surface area (Å²) in [6.45, 7) is 23.1. The van der Waals surface area contributed by atoms with Crippen molar-refractivity contribution in [1.82, 2.24) is 29.4 Å². The van der Waals surface area contributed by atoms with Crippen molar-refractivity contribution in [2.45, 2.75) is 52.5 Å². The molecule has 1 aromatic carbocycles. The van der Waals surface area contributed by atoms with Crippen molar-refractivity contribution >= 4 is 11.5 Å². The molecule has 0 N–H and O–H groups in total. The van der Waals surface area contributed by atoms with Gasteiger partial charge >= 0.3 is 0 Å². The second-order valence-corrected chi connectivity index (χ2v) is 11.3. The van der Waals surface area contributed by atoms with Gasteiger partial charge in [-0.2, -0.15) is 5.10 Å². The molecule has 5 rings (SSSR count). The number of aryl methyl sites for hydroxylation is 2. The fraction of sp³-hybridized carbons (Fsp3) is 0.531. The van der Waals surface area contributed by atoms with Crippen molar-refractivity contribution in [2.75, 3.05) is 59.5 Å². The third-order valence-electron chi connectivity index (χ3n) is 8.57. The first-order chi connectivity index (χ1) is 18.9. The van der Waals surface area contributed by atoms with Gasteiger partial charge in [0.1, 0.15) is 18.2 Å². The number of rotatable bonds is 3. The van der Waals surface area contributed by atoms with Gasteiger partial charge in [-0.1, -0.05) is 31.7 Å². The van der Waals surface area contributed by atoms with Gasteiger partial charge in [-0.3, -0.25) is 4.90 Å². The first kappa shape index (κ1) is 27.4. The molecule has 1 unspecified atom stereocenters. The van der Waals surface area contributed by atoms with Crippen LogP contribution in [0.15, 0.2) is 49.2 Å². The lowest BCUT2D eigenvalue weighted by Gasteiger charge is -2.38. The summed E-state index contributed by atoms with van der Waals surface area (Å²) in [6, 6.07) is 8.94. The van der Waals surface area contributed by atoms with E-state index in [0.717, 1.165) is 98.6 Å². The van der Waals surface area contributed by atoms with Crippen LogP contribution in [0.25, 0.3) is 11.5 Å². The zero-order valence-corrected chi connectivity index (χ0v) is 24.5. The Bertz CT molecular complexity index is 1230. The molecule has 39 heavy (non-hydrogen) atoms. The topological polar surface area (TPSA) is 40.0 Å². The van der Waals surface area contributed by atoms with Crippen LogP contribution in [0.5, 0.6) is 5.75 Å². The van der Waals surface area contributed by atoms with Crippen molar-refractivity contribution in [1.29, 1.82) is 0 Å². The number of benzene rings is 1. The average molecular weight is 531 g/mol. The van der Waals surface area contributed by atoms with Crippen molar-refractivity contribution in [3.05, 3.63) is 71.7 Å². The maximum atomic E-state index is 6.43. The Morgan fingerprint density at radius 1 is 1.05 bits per heavy atom. The van der Waals surface area contributed by atoms with Crippen LogP contribution in [0.2, 0.25) is 0 Å². The quantitative estimate of drug-likeness (QED) is 0.532. The first-order valence-corrected chi connectivity index (χ1v) is 14.7. The highest BCUT2D eigenvalue weighted by Gasteiger charge is 2.30. The molecular formula is C32H46N6O. The van der Waals surface area contributed by atoms with Crippen LogP contribution in [0.4, 0.5) is 0 Å². The zero-order chi connectivity index (χ0) is 27.5. The predicted molar refractivity (Wildman–Crippen MR) is 160 cm³/mol. The SMILES string of the molecule is C=C(/C=C1/N(C)CCN(CC)CCOc2ccc(C)cc2C(=C)N2CCCCC2c2cc(C)n1n2)N1CCC1. The summed E-state index contributed by atoms with van der Waals surface area (Å²) in [7, 11) is 2.18. The van der Waals surface area contributed by atoms with Gasteiger partial charge in [0.25, 0.3) is 0 Å². The molecule has 2 bridgehead atoms. The molecular weight excluding hydrogens is 484 g/mol. The van der Waals surface area contributed by atoms with Crippen molar-refractivity contribution < 1.29 is 4.74 Å². The first-order valence-electron chi connectivity index (χ1n) is 14.7. The lowest BCUT2D eigenvalue weighted by Crippen LogP contribution is -2.38. The smallest absolute Gasteiger partial charge is 0.132 e. The normalized spacial score (nSPS) is 22.3. The standard InChI is InChI=1S/C32H46N6O/c1-7-35-18-17-34(6)32(23-25(3)36-14-10-15-36)38-26(4)22-29(33-38)30-11-8-9-16-37(30)27(5)28-21-24(2)12-13-31(28)39-20-19-35/h12-13,21-23,30H,3,5,7-11,14-20H2,1-2,4,6H3/b32-23-. The van der Waals surface area contributed by atoms with Gasteiger partial charge in [0, 0.05) is 75.0 Å². The van der Waals surface area contributed by atoms with E-state index in [0.29, 0.717) is 6.61 Å². The molecule has 0 saturated carbocycles. The molecule has 2 aromatic rings. The van der Waals surface area contributed by atoms with Gasteiger partial charge in [0.15, 0.2) is 0 Å². The van der Waals surface area contributed by atoms with E-state index >= 15 is 0 Å². The fourth-order valence-corrected chi connectivity index (χ4v) is 5.90. The Hall–Kier alpha value is -3.19. The number of nitrogens with zero attached hydrogens (tertiary/aromatic N) is 6. The van der Waals surface area contributed by atoms with Crippen LogP contribution in [-0.4, -0.2) is 88.8 Å². The number of likely N-dealkylation sites (N-methyl/N-ethyl adjacent to an activating group) is 2. The number of allylic oxidation sites excluding steroid dienone is 1. The fourth-order valence-electron chi connectivity index (χ4n) is 5.90. The lowest BCUT2D eigenvalue weighted by molar-refractivity contribution is 0.201. The highest BCUT2D eigenvalue weighted by Crippen LogP contribution is 2.39. The molecule has 0 spiro atoms. The van der Waals surface area contributed by atoms with Gasteiger partial charge in [-0.05, 0) is 64.3 Å². The highest BCUT2D eigenvalue weighted by atomic mass is 16.5. The Balaban J connectivity index is 1.57. The van der Waals surface area contributed by atoms with E-state index in [9.17, 15) is 0 Å². The van der Waals surface area contributed by atoms with Gasteiger partial charge in [0.2, 0.25) is 0 Å². The van der Waals surface area contributed by atoms with E-state index < -0.39 is 0 Å². The molecule has 3 aliphatic rings. The minimum absolute atomic E-state index is 0.188. The summed E-state index contributed by atoms with van der Waals surface area (Å²) in [6.07, 6.45) is 6.88. The number of hydrogen-bond donors (Lipinski definition) is 0. The molecule has 3 aliphatic heterocycles. The van der Waals surface area contributed by atoms with Gasteiger partial charge in [0.05, 0.1) is 11.7 Å². The minimum Gasteiger partial charge on any atom is -0.492 e. The second-order valence-electron chi connectivity index (χ2n) is 11.3. The molecule has 0 amide bonds. The van der Waals surface area contributed by atoms with E-state index in [4.69, 9.17) is 9.84 Å². The minimum atomic E-state index is 0.188. The van der Waals surface area contributed by atoms with Crippen LogP contribution in [0, 0.1) is 13.8 Å². The number of piperidine rings is 1. The molecule has 0 aliphatic carbocycles. The maximum absolute atomic E-state index is 6.43. The van der Waals surface area contributed by atoms with Crippen LogP contribution in [0.1, 0.15) is 61.2 Å².